The quantitative estimate of drug-likeness (QED) is 0.928. The van der Waals surface area contributed by atoms with Gasteiger partial charge in [-0.15, -0.1) is 0 Å². The van der Waals surface area contributed by atoms with Crippen LogP contribution in [-0.2, 0) is 6.42 Å². The third-order valence-corrected chi connectivity index (χ3v) is 2.77. The molecule has 2 rings (SSSR count). The van der Waals surface area contributed by atoms with Crippen LogP contribution in [0.15, 0.2) is 18.2 Å². The third kappa shape index (κ3) is 2.67. The van der Waals surface area contributed by atoms with Gasteiger partial charge in [-0.2, -0.15) is 10.2 Å². The summed E-state index contributed by atoms with van der Waals surface area (Å²) in [7, 11) is 0. The van der Waals surface area contributed by atoms with E-state index in [2.05, 4.69) is 9.97 Å². The number of ether oxygens (including phenoxy) is 1. The highest BCUT2D eigenvalue weighted by atomic mass is 19.1. The molecule has 0 spiro atoms. The predicted octanol–water partition coefficient (Wildman–Crippen LogP) is 2.73. The van der Waals surface area contributed by atoms with Gasteiger partial charge < -0.3 is 10.5 Å². The molecule has 102 valence electrons. The Bertz CT molecular complexity index is 694. The van der Waals surface area contributed by atoms with Gasteiger partial charge in [0.1, 0.15) is 11.6 Å². The monoisotopic (exact) mass is 272 g/mol. The predicted molar refractivity (Wildman–Crippen MR) is 71.7 cm³/mol. The maximum absolute atomic E-state index is 13.8. The van der Waals surface area contributed by atoms with Crippen molar-refractivity contribution in [1.82, 2.24) is 9.97 Å². The first-order valence-electron chi connectivity index (χ1n) is 6.05. The second kappa shape index (κ2) is 5.53. The first-order valence-corrected chi connectivity index (χ1v) is 6.05. The Morgan fingerprint density at radius 1 is 1.40 bits per heavy atom. The fourth-order valence-corrected chi connectivity index (χ4v) is 1.57. The number of hydrogen-bond donors (Lipinski definition) is 1. The topological polar surface area (TPSA) is 84.8 Å². The van der Waals surface area contributed by atoms with E-state index in [1.165, 1.54) is 12.1 Å². The molecule has 0 atom stereocenters. The van der Waals surface area contributed by atoms with Gasteiger partial charge in [0.05, 0.1) is 17.2 Å². The molecule has 1 aromatic heterocycles. The second-order valence-electron chi connectivity index (χ2n) is 4.17. The number of nitrogens with zero attached hydrogens (tertiary/aromatic N) is 3. The van der Waals surface area contributed by atoms with E-state index in [0.717, 1.165) is 6.07 Å². The highest BCUT2D eigenvalue weighted by molar-refractivity contribution is 5.46. The van der Waals surface area contributed by atoms with E-state index in [-0.39, 0.29) is 17.2 Å². The van der Waals surface area contributed by atoms with Gasteiger partial charge >= 0.3 is 0 Å². The zero-order valence-corrected chi connectivity index (χ0v) is 11.1. The van der Waals surface area contributed by atoms with Crippen LogP contribution in [0.2, 0.25) is 0 Å². The molecule has 2 N–H and O–H groups in total. The molecule has 20 heavy (non-hydrogen) atoms. The van der Waals surface area contributed by atoms with Gasteiger partial charge in [0.15, 0.2) is 11.6 Å². The van der Waals surface area contributed by atoms with Crippen molar-refractivity contribution in [2.45, 2.75) is 20.3 Å². The molecule has 0 radical (unpaired) electrons. The average molecular weight is 272 g/mol. The summed E-state index contributed by atoms with van der Waals surface area (Å²) in [5.41, 5.74) is 6.54. The summed E-state index contributed by atoms with van der Waals surface area (Å²) in [6.45, 7) is 3.59. The van der Waals surface area contributed by atoms with E-state index in [1.54, 1.807) is 6.92 Å². The van der Waals surface area contributed by atoms with Gasteiger partial charge in [-0.05, 0) is 25.1 Å². The Morgan fingerprint density at radius 2 is 2.15 bits per heavy atom. The summed E-state index contributed by atoms with van der Waals surface area (Å²) < 4.78 is 19.2. The Balaban J connectivity index is 2.40. The fourth-order valence-electron chi connectivity index (χ4n) is 1.57. The maximum atomic E-state index is 13.8. The maximum Gasteiger partial charge on any atom is 0.227 e. The van der Waals surface area contributed by atoms with E-state index >= 15 is 0 Å². The first kappa shape index (κ1) is 13.7. The number of rotatable bonds is 3. The number of halogens is 1. The number of aromatic nitrogens is 2. The van der Waals surface area contributed by atoms with Gasteiger partial charge in [-0.3, -0.25) is 0 Å². The van der Waals surface area contributed by atoms with Crippen molar-refractivity contribution >= 4 is 5.82 Å². The van der Waals surface area contributed by atoms with Crippen molar-refractivity contribution in [2.75, 3.05) is 5.73 Å². The van der Waals surface area contributed by atoms with Crippen LogP contribution in [0, 0.1) is 24.1 Å². The average Bonchev–Trinajstić information content (AvgIpc) is 2.45. The van der Waals surface area contributed by atoms with E-state index in [4.69, 9.17) is 15.7 Å². The number of benzene rings is 1. The van der Waals surface area contributed by atoms with Gasteiger partial charge in [0, 0.05) is 6.42 Å². The van der Waals surface area contributed by atoms with Crippen molar-refractivity contribution in [3.05, 3.63) is 41.0 Å². The smallest absolute Gasteiger partial charge is 0.227 e. The number of hydrogen-bond acceptors (Lipinski definition) is 5. The molecule has 0 aliphatic carbocycles. The summed E-state index contributed by atoms with van der Waals surface area (Å²) in [6, 6.07) is 5.82. The molecule has 0 saturated carbocycles. The Hall–Kier alpha value is -2.68. The molecule has 0 fully saturated rings. The van der Waals surface area contributed by atoms with Crippen LogP contribution in [0.5, 0.6) is 11.6 Å². The summed E-state index contributed by atoms with van der Waals surface area (Å²) in [4.78, 5) is 8.28. The summed E-state index contributed by atoms with van der Waals surface area (Å²) in [6.07, 6.45) is 0.594. The summed E-state index contributed by atoms with van der Waals surface area (Å²) in [5.74, 6) is 0.418. The van der Waals surface area contributed by atoms with Gasteiger partial charge in [-0.1, -0.05) is 6.92 Å². The van der Waals surface area contributed by atoms with Crippen LogP contribution in [0.3, 0.4) is 0 Å². The van der Waals surface area contributed by atoms with Crippen LogP contribution < -0.4 is 10.5 Å². The van der Waals surface area contributed by atoms with Gasteiger partial charge in [0.2, 0.25) is 5.88 Å². The van der Waals surface area contributed by atoms with Crippen molar-refractivity contribution in [3.63, 3.8) is 0 Å². The molecular formula is C14H13FN4O. The molecule has 0 aliphatic rings. The van der Waals surface area contributed by atoms with E-state index in [0.29, 0.717) is 23.6 Å². The Labute approximate surface area is 115 Å². The van der Waals surface area contributed by atoms with Crippen molar-refractivity contribution in [1.29, 1.82) is 5.26 Å². The van der Waals surface area contributed by atoms with E-state index in [9.17, 15) is 4.39 Å². The minimum atomic E-state index is -0.626. The van der Waals surface area contributed by atoms with Crippen LogP contribution in [-0.4, -0.2) is 9.97 Å². The molecule has 0 unspecified atom stereocenters. The van der Waals surface area contributed by atoms with Crippen molar-refractivity contribution in [3.8, 4) is 17.7 Å². The third-order valence-electron chi connectivity index (χ3n) is 2.77. The highest BCUT2D eigenvalue weighted by Gasteiger charge is 2.13. The zero-order chi connectivity index (χ0) is 14.7. The van der Waals surface area contributed by atoms with Crippen LogP contribution >= 0.6 is 0 Å². The number of aryl methyl sites for hydroxylation is 1. The fraction of sp³-hybridized carbons (Fsp3) is 0.214. The first-order chi connectivity index (χ1) is 9.55. The molecule has 0 amide bonds. The normalized spacial score (nSPS) is 10.1. The number of nitriles is 1. The van der Waals surface area contributed by atoms with Crippen molar-refractivity contribution < 1.29 is 9.13 Å². The minimum Gasteiger partial charge on any atom is -0.435 e. The SMILES string of the molecule is CCc1nc(N)c(C)c(Oc2ccc(C#N)cc2F)n1. The molecule has 6 heteroatoms. The zero-order valence-electron chi connectivity index (χ0n) is 11.1. The molecule has 5 nitrogen and oxygen atoms in total. The van der Waals surface area contributed by atoms with E-state index in [1.807, 2.05) is 13.0 Å². The standard InChI is InChI=1S/C14H13FN4O/c1-3-12-18-13(17)8(2)14(19-12)20-11-5-4-9(7-16)6-10(11)15/h4-6H,3H2,1-2H3,(H2,17,18,19). The molecular weight excluding hydrogens is 259 g/mol. The summed E-state index contributed by atoms with van der Waals surface area (Å²) >= 11 is 0. The molecule has 0 aliphatic heterocycles. The number of anilines is 1. The largest absolute Gasteiger partial charge is 0.435 e. The van der Waals surface area contributed by atoms with Crippen LogP contribution in [0.4, 0.5) is 10.2 Å². The van der Waals surface area contributed by atoms with Crippen LogP contribution in [0.1, 0.15) is 23.9 Å². The Morgan fingerprint density at radius 3 is 2.75 bits per heavy atom. The molecule has 0 saturated heterocycles. The lowest BCUT2D eigenvalue weighted by molar-refractivity contribution is 0.422. The number of nitrogens with two attached hydrogens (primary N) is 1. The lowest BCUT2D eigenvalue weighted by atomic mass is 10.2. The number of nitrogen functional groups attached to an aromatic ring is 1. The van der Waals surface area contributed by atoms with Crippen LogP contribution in [0.25, 0.3) is 0 Å². The summed E-state index contributed by atoms with van der Waals surface area (Å²) in [5, 5.41) is 8.70. The molecule has 2 aromatic rings. The second-order valence-corrected chi connectivity index (χ2v) is 4.17. The lowest BCUT2D eigenvalue weighted by Crippen LogP contribution is -2.04. The van der Waals surface area contributed by atoms with Gasteiger partial charge in [0.25, 0.3) is 0 Å². The minimum absolute atomic E-state index is 0.00717. The molecule has 1 aromatic carbocycles. The van der Waals surface area contributed by atoms with Gasteiger partial charge in [-0.25, -0.2) is 9.37 Å². The lowest BCUT2D eigenvalue weighted by Gasteiger charge is -2.11. The van der Waals surface area contributed by atoms with Crippen molar-refractivity contribution in [2.24, 2.45) is 0 Å². The van der Waals surface area contributed by atoms with E-state index < -0.39 is 5.82 Å². The molecule has 1 heterocycles. The Kier molecular flexibility index (Phi) is 3.80. The molecule has 0 bridgehead atoms. The highest BCUT2D eigenvalue weighted by Crippen LogP contribution is 2.28.